The lowest BCUT2D eigenvalue weighted by molar-refractivity contribution is 0.352. The molecular weight excluding hydrogens is 196 g/mol. The highest BCUT2D eigenvalue weighted by atomic mass is 32.1. The minimum Gasteiger partial charge on any atom is -0.359 e. The minimum absolute atomic E-state index is 0.860. The van der Waals surface area contributed by atoms with E-state index in [4.69, 9.17) is 0 Å². The molecule has 0 radical (unpaired) electrons. The van der Waals surface area contributed by atoms with Gasteiger partial charge in [0.15, 0.2) is 0 Å². The summed E-state index contributed by atoms with van der Waals surface area (Å²) in [6.07, 6.45) is 2.72. The third-order valence-corrected chi connectivity index (χ3v) is 3.19. The first-order chi connectivity index (χ1) is 6.84. The quantitative estimate of drug-likeness (QED) is 0.818. The summed E-state index contributed by atoms with van der Waals surface area (Å²) in [5.41, 5.74) is 0. The first-order valence-corrected chi connectivity index (χ1v) is 5.88. The molecule has 1 aromatic heterocycles. The Morgan fingerprint density at radius 2 is 2.21 bits per heavy atom. The first-order valence-electron chi connectivity index (χ1n) is 5.11. The fourth-order valence-corrected chi connectivity index (χ4v) is 2.30. The lowest BCUT2D eigenvalue weighted by atomic mass is 10.4. The van der Waals surface area contributed by atoms with E-state index in [2.05, 4.69) is 19.6 Å². The molecule has 0 aliphatic carbocycles. The predicted molar refractivity (Wildman–Crippen MR) is 58.8 cm³/mol. The van der Waals surface area contributed by atoms with E-state index in [0.717, 1.165) is 24.0 Å². The van der Waals surface area contributed by atoms with Gasteiger partial charge >= 0.3 is 0 Å². The summed E-state index contributed by atoms with van der Waals surface area (Å²) >= 11 is 1.44. The highest BCUT2D eigenvalue weighted by molar-refractivity contribution is 7.09. The van der Waals surface area contributed by atoms with Gasteiger partial charge in [0.2, 0.25) is 5.13 Å². The molecule has 78 valence electrons. The van der Waals surface area contributed by atoms with Crippen molar-refractivity contribution in [3.63, 3.8) is 0 Å². The smallest absolute Gasteiger partial charge is 0.202 e. The number of likely N-dealkylation sites (tertiary alicyclic amines) is 1. The van der Waals surface area contributed by atoms with Gasteiger partial charge in [0, 0.05) is 24.6 Å². The summed E-state index contributed by atoms with van der Waals surface area (Å²) < 4.78 is 4.12. The van der Waals surface area contributed by atoms with Crippen molar-refractivity contribution in [2.45, 2.75) is 19.8 Å². The second kappa shape index (κ2) is 4.70. The SMILES string of the molecule is Cc1nsc(NCCN2CCCC2)n1. The summed E-state index contributed by atoms with van der Waals surface area (Å²) in [7, 11) is 0. The largest absolute Gasteiger partial charge is 0.359 e. The van der Waals surface area contributed by atoms with Crippen LogP contribution in [0.3, 0.4) is 0 Å². The molecule has 2 heterocycles. The molecule has 4 nitrogen and oxygen atoms in total. The zero-order chi connectivity index (χ0) is 9.80. The van der Waals surface area contributed by atoms with E-state index in [-0.39, 0.29) is 0 Å². The summed E-state index contributed by atoms with van der Waals surface area (Å²) in [6, 6.07) is 0. The Bertz CT molecular complexity index is 280. The Hall–Kier alpha value is -0.680. The Morgan fingerprint density at radius 3 is 2.86 bits per heavy atom. The van der Waals surface area contributed by atoms with Crippen molar-refractivity contribution in [3.8, 4) is 0 Å². The van der Waals surface area contributed by atoms with Crippen molar-refractivity contribution < 1.29 is 0 Å². The normalized spacial score (nSPS) is 17.5. The van der Waals surface area contributed by atoms with E-state index < -0.39 is 0 Å². The average molecular weight is 212 g/mol. The molecule has 0 atom stereocenters. The molecular formula is C9H16N4S. The predicted octanol–water partition coefficient (Wildman–Crippen LogP) is 1.35. The molecule has 1 aromatic rings. The molecule has 0 amide bonds. The van der Waals surface area contributed by atoms with Crippen LogP contribution in [0.1, 0.15) is 18.7 Å². The monoisotopic (exact) mass is 212 g/mol. The Kier molecular flexibility index (Phi) is 3.31. The molecule has 0 spiro atoms. The molecule has 1 aliphatic heterocycles. The number of anilines is 1. The molecule has 1 fully saturated rings. The Balaban J connectivity index is 1.67. The molecule has 5 heteroatoms. The number of aryl methyl sites for hydroxylation is 1. The molecule has 1 saturated heterocycles. The molecule has 0 saturated carbocycles. The fourth-order valence-electron chi connectivity index (χ4n) is 1.70. The third-order valence-electron chi connectivity index (χ3n) is 2.43. The summed E-state index contributed by atoms with van der Waals surface area (Å²) in [6.45, 7) is 6.54. The second-order valence-electron chi connectivity index (χ2n) is 3.62. The van der Waals surface area contributed by atoms with Crippen molar-refractivity contribution >= 4 is 16.7 Å². The van der Waals surface area contributed by atoms with Crippen LogP contribution >= 0.6 is 11.5 Å². The van der Waals surface area contributed by atoms with Crippen molar-refractivity contribution in [2.24, 2.45) is 0 Å². The van der Waals surface area contributed by atoms with Gasteiger partial charge in [-0.05, 0) is 32.9 Å². The zero-order valence-electron chi connectivity index (χ0n) is 8.49. The van der Waals surface area contributed by atoms with Gasteiger partial charge in [0.05, 0.1) is 0 Å². The second-order valence-corrected chi connectivity index (χ2v) is 4.37. The maximum atomic E-state index is 4.25. The number of hydrogen-bond acceptors (Lipinski definition) is 5. The highest BCUT2D eigenvalue weighted by Crippen LogP contribution is 2.10. The van der Waals surface area contributed by atoms with Crippen molar-refractivity contribution in [3.05, 3.63) is 5.82 Å². The average Bonchev–Trinajstić information content (AvgIpc) is 2.77. The van der Waals surface area contributed by atoms with Crippen LogP contribution in [0.2, 0.25) is 0 Å². The van der Waals surface area contributed by atoms with E-state index in [9.17, 15) is 0 Å². The molecule has 0 unspecified atom stereocenters. The van der Waals surface area contributed by atoms with Crippen LogP contribution in [0.4, 0.5) is 5.13 Å². The van der Waals surface area contributed by atoms with Crippen LogP contribution in [-0.4, -0.2) is 40.4 Å². The minimum atomic E-state index is 0.860. The van der Waals surface area contributed by atoms with Crippen LogP contribution in [-0.2, 0) is 0 Å². The highest BCUT2D eigenvalue weighted by Gasteiger charge is 2.10. The molecule has 14 heavy (non-hydrogen) atoms. The summed E-state index contributed by atoms with van der Waals surface area (Å²) in [5.74, 6) is 0.860. The Morgan fingerprint density at radius 1 is 1.43 bits per heavy atom. The lowest BCUT2D eigenvalue weighted by Crippen LogP contribution is -2.25. The van der Waals surface area contributed by atoms with Crippen LogP contribution in [0.25, 0.3) is 0 Å². The van der Waals surface area contributed by atoms with Gasteiger partial charge in [0.1, 0.15) is 5.82 Å². The topological polar surface area (TPSA) is 41.1 Å². The van der Waals surface area contributed by atoms with Gasteiger partial charge in [0.25, 0.3) is 0 Å². The van der Waals surface area contributed by atoms with Crippen LogP contribution in [0.15, 0.2) is 0 Å². The van der Waals surface area contributed by atoms with Gasteiger partial charge in [-0.25, -0.2) is 4.98 Å². The van der Waals surface area contributed by atoms with Crippen molar-refractivity contribution in [1.29, 1.82) is 0 Å². The molecule has 1 aliphatic rings. The lowest BCUT2D eigenvalue weighted by Gasteiger charge is -2.13. The van der Waals surface area contributed by atoms with Gasteiger partial charge in [-0.2, -0.15) is 4.37 Å². The molecule has 0 bridgehead atoms. The number of rotatable bonds is 4. The number of nitrogens with one attached hydrogen (secondary N) is 1. The molecule has 1 N–H and O–H groups in total. The van der Waals surface area contributed by atoms with Gasteiger partial charge < -0.3 is 10.2 Å². The Labute approximate surface area is 88.5 Å². The standard InChI is InChI=1S/C9H16N4S/c1-8-11-9(14-12-8)10-4-7-13-5-2-3-6-13/h2-7H2,1H3,(H,10,11,12). The first kappa shape index (κ1) is 9.86. The van der Waals surface area contributed by atoms with E-state index in [1.807, 2.05) is 6.92 Å². The van der Waals surface area contributed by atoms with E-state index in [1.54, 1.807) is 0 Å². The number of hydrogen-bond donors (Lipinski definition) is 1. The van der Waals surface area contributed by atoms with Crippen LogP contribution in [0.5, 0.6) is 0 Å². The summed E-state index contributed by atoms with van der Waals surface area (Å²) in [5, 5.41) is 4.24. The van der Waals surface area contributed by atoms with Crippen molar-refractivity contribution in [1.82, 2.24) is 14.3 Å². The van der Waals surface area contributed by atoms with Gasteiger partial charge in [-0.15, -0.1) is 0 Å². The third kappa shape index (κ3) is 2.65. The molecule has 0 aromatic carbocycles. The zero-order valence-corrected chi connectivity index (χ0v) is 9.31. The van der Waals surface area contributed by atoms with E-state index in [1.165, 1.54) is 37.5 Å². The summed E-state index contributed by atoms with van der Waals surface area (Å²) in [4.78, 5) is 6.74. The number of aromatic nitrogens is 2. The van der Waals surface area contributed by atoms with Crippen LogP contribution < -0.4 is 5.32 Å². The molecule has 2 rings (SSSR count). The number of nitrogens with zero attached hydrogens (tertiary/aromatic N) is 3. The van der Waals surface area contributed by atoms with Crippen molar-refractivity contribution in [2.75, 3.05) is 31.5 Å². The fraction of sp³-hybridized carbons (Fsp3) is 0.778. The van der Waals surface area contributed by atoms with Gasteiger partial charge in [-0.3, -0.25) is 0 Å². The van der Waals surface area contributed by atoms with E-state index in [0.29, 0.717) is 0 Å². The van der Waals surface area contributed by atoms with Gasteiger partial charge in [-0.1, -0.05) is 0 Å². The maximum Gasteiger partial charge on any atom is 0.202 e. The van der Waals surface area contributed by atoms with Crippen LogP contribution in [0, 0.1) is 6.92 Å². The van der Waals surface area contributed by atoms with E-state index >= 15 is 0 Å². The maximum absolute atomic E-state index is 4.25.